The lowest BCUT2D eigenvalue weighted by Crippen LogP contribution is -2.36. The van der Waals surface area contributed by atoms with Crippen LogP contribution in [0.25, 0.3) is 0 Å². The van der Waals surface area contributed by atoms with Crippen LogP contribution >= 0.6 is 0 Å². The first-order valence-electron chi connectivity index (χ1n) is 10.1. The average molecular weight is 371 g/mol. The standard InChI is InChI=1S/C21H29N3O3/c25-19(22-17-10-6-1-2-7-11-17)13-12-18-20(26)24(21(27)23-18)15-14-16-8-4-3-5-9-16/h3-5,8-9,17-18H,1-2,6-7,10-15H2,(H,22,25)(H,23,27)/t18-/m1/s1. The smallest absolute Gasteiger partial charge is 0.324 e. The van der Waals surface area contributed by atoms with E-state index >= 15 is 0 Å². The van der Waals surface area contributed by atoms with E-state index in [1.54, 1.807) is 0 Å². The molecule has 6 heteroatoms. The van der Waals surface area contributed by atoms with Crippen molar-refractivity contribution in [2.45, 2.75) is 69.9 Å². The van der Waals surface area contributed by atoms with Crippen LogP contribution in [0.2, 0.25) is 0 Å². The zero-order valence-corrected chi connectivity index (χ0v) is 15.8. The lowest BCUT2D eigenvalue weighted by atomic mass is 10.1. The van der Waals surface area contributed by atoms with Crippen LogP contribution in [0.4, 0.5) is 4.79 Å². The number of nitrogens with zero attached hydrogens (tertiary/aromatic N) is 1. The lowest BCUT2D eigenvalue weighted by molar-refractivity contribution is -0.127. The van der Waals surface area contributed by atoms with Gasteiger partial charge in [0.2, 0.25) is 5.91 Å². The fraction of sp³-hybridized carbons (Fsp3) is 0.571. The molecule has 1 heterocycles. The number of hydrogen-bond donors (Lipinski definition) is 2. The van der Waals surface area contributed by atoms with E-state index in [2.05, 4.69) is 10.6 Å². The molecule has 0 unspecified atom stereocenters. The second-order valence-electron chi connectivity index (χ2n) is 7.52. The monoisotopic (exact) mass is 371 g/mol. The summed E-state index contributed by atoms with van der Waals surface area (Å²) in [5.74, 6) is -0.245. The summed E-state index contributed by atoms with van der Waals surface area (Å²) in [6, 6.07) is 9.09. The predicted octanol–water partition coefficient (Wildman–Crippen LogP) is 2.77. The third kappa shape index (κ3) is 5.55. The molecule has 1 aliphatic carbocycles. The van der Waals surface area contributed by atoms with Gasteiger partial charge in [-0.15, -0.1) is 0 Å². The average Bonchev–Trinajstić information content (AvgIpc) is 2.83. The van der Waals surface area contributed by atoms with Crippen LogP contribution in [0, 0.1) is 0 Å². The summed E-state index contributed by atoms with van der Waals surface area (Å²) in [5.41, 5.74) is 1.09. The first-order valence-corrected chi connectivity index (χ1v) is 10.1. The second-order valence-corrected chi connectivity index (χ2v) is 7.52. The SMILES string of the molecule is O=C(CC[C@H]1NC(=O)N(CCc2ccccc2)C1=O)NC1CCCCCC1. The maximum Gasteiger partial charge on any atom is 0.324 e. The highest BCUT2D eigenvalue weighted by Crippen LogP contribution is 2.18. The van der Waals surface area contributed by atoms with Crippen molar-refractivity contribution in [2.75, 3.05) is 6.54 Å². The maximum atomic E-state index is 12.5. The van der Waals surface area contributed by atoms with Crippen molar-refractivity contribution < 1.29 is 14.4 Å². The molecule has 2 fully saturated rings. The zero-order chi connectivity index (χ0) is 19.1. The fourth-order valence-electron chi connectivity index (χ4n) is 3.87. The molecule has 1 aromatic carbocycles. The molecule has 1 saturated carbocycles. The Hall–Kier alpha value is -2.37. The molecule has 1 aromatic rings. The van der Waals surface area contributed by atoms with E-state index in [4.69, 9.17) is 0 Å². The molecule has 0 bridgehead atoms. The Balaban J connectivity index is 1.43. The number of carbonyl (C=O) groups is 3. The van der Waals surface area contributed by atoms with E-state index in [0.29, 0.717) is 19.4 Å². The number of nitrogens with one attached hydrogen (secondary N) is 2. The van der Waals surface area contributed by atoms with E-state index in [1.165, 1.54) is 30.6 Å². The van der Waals surface area contributed by atoms with Gasteiger partial charge in [-0.3, -0.25) is 14.5 Å². The van der Waals surface area contributed by atoms with Crippen LogP contribution in [-0.4, -0.2) is 41.4 Å². The van der Waals surface area contributed by atoms with Crippen molar-refractivity contribution in [1.29, 1.82) is 0 Å². The van der Waals surface area contributed by atoms with Crippen LogP contribution in [-0.2, 0) is 16.0 Å². The molecular weight excluding hydrogens is 342 g/mol. The number of benzene rings is 1. The third-order valence-electron chi connectivity index (χ3n) is 5.45. The summed E-state index contributed by atoms with van der Waals surface area (Å²) < 4.78 is 0. The van der Waals surface area contributed by atoms with Gasteiger partial charge < -0.3 is 10.6 Å². The number of amides is 4. The molecule has 0 spiro atoms. The van der Waals surface area contributed by atoms with Gasteiger partial charge in [0.15, 0.2) is 0 Å². The van der Waals surface area contributed by atoms with Gasteiger partial charge in [-0.1, -0.05) is 56.0 Å². The van der Waals surface area contributed by atoms with Crippen LogP contribution in [0.15, 0.2) is 30.3 Å². The summed E-state index contributed by atoms with van der Waals surface area (Å²) >= 11 is 0. The van der Waals surface area contributed by atoms with Crippen molar-refractivity contribution in [3.63, 3.8) is 0 Å². The van der Waals surface area contributed by atoms with Crippen molar-refractivity contribution in [3.05, 3.63) is 35.9 Å². The van der Waals surface area contributed by atoms with E-state index in [-0.39, 0.29) is 30.3 Å². The predicted molar refractivity (Wildman–Crippen MR) is 103 cm³/mol. The van der Waals surface area contributed by atoms with Crippen LogP contribution in [0.3, 0.4) is 0 Å². The van der Waals surface area contributed by atoms with Gasteiger partial charge in [0.25, 0.3) is 5.91 Å². The number of imide groups is 1. The molecule has 0 radical (unpaired) electrons. The molecule has 3 rings (SSSR count). The van der Waals surface area contributed by atoms with Crippen molar-refractivity contribution in [3.8, 4) is 0 Å². The quantitative estimate of drug-likeness (QED) is 0.571. The summed E-state index contributed by atoms with van der Waals surface area (Å²) in [6.45, 7) is 0.361. The Morgan fingerprint density at radius 1 is 1.07 bits per heavy atom. The Labute approximate surface area is 160 Å². The largest absolute Gasteiger partial charge is 0.353 e. The molecule has 146 valence electrons. The molecule has 2 N–H and O–H groups in total. The van der Waals surface area contributed by atoms with Gasteiger partial charge in [0.1, 0.15) is 6.04 Å². The number of rotatable bonds is 7. The van der Waals surface area contributed by atoms with Gasteiger partial charge in [-0.05, 0) is 31.2 Å². The van der Waals surface area contributed by atoms with Gasteiger partial charge in [-0.25, -0.2) is 4.79 Å². The number of urea groups is 1. The summed E-state index contributed by atoms with van der Waals surface area (Å²) in [7, 11) is 0. The van der Waals surface area contributed by atoms with Crippen LogP contribution in [0.5, 0.6) is 0 Å². The summed E-state index contributed by atoms with van der Waals surface area (Å²) in [4.78, 5) is 38.1. The van der Waals surface area contributed by atoms with Gasteiger partial charge in [0.05, 0.1) is 0 Å². The minimum absolute atomic E-state index is 0.0216. The Morgan fingerprint density at radius 2 is 1.78 bits per heavy atom. The minimum atomic E-state index is -0.590. The van der Waals surface area contributed by atoms with E-state index < -0.39 is 6.04 Å². The zero-order valence-electron chi connectivity index (χ0n) is 15.8. The number of carbonyl (C=O) groups excluding carboxylic acids is 3. The van der Waals surface area contributed by atoms with Crippen molar-refractivity contribution in [1.82, 2.24) is 15.5 Å². The highest BCUT2D eigenvalue weighted by Gasteiger charge is 2.37. The summed E-state index contributed by atoms with van der Waals surface area (Å²) in [5, 5.41) is 5.81. The highest BCUT2D eigenvalue weighted by molar-refractivity contribution is 6.04. The molecule has 0 aromatic heterocycles. The Bertz CT molecular complexity index is 654. The lowest BCUT2D eigenvalue weighted by Gasteiger charge is -2.17. The molecule has 4 amide bonds. The Morgan fingerprint density at radius 3 is 2.48 bits per heavy atom. The molecule has 1 atom stereocenters. The summed E-state index contributed by atoms with van der Waals surface area (Å²) in [6.07, 6.45) is 8.15. The maximum absolute atomic E-state index is 12.5. The van der Waals surface area contributed by atoms with Gasteiger partial charge in [-0.2, -0.15) is 0 Å². The first kappa shape index (κ1) is 19.4. The molecule has 27 heavy (non-hydrogen) atoms. The van der Waals surface area contributed by atoms with E-state index in [1.807, 2.05) is 30.3 Å². The number of hydrogen-bond acceptors (Lipinski definition) is 3. The second kappa shape index (κ2) is 9.53. The third-order valence-corrected chi connectivity index (χ3v) is 5.45. The van der Waals surface area contributed by atoms with Crippen LogP contribution < -0.4 is 10.6 Å². The van der Waals surface area contributed by atoms with Crippen molar-refractivity contribution >= 4 is 17.8 Å². The fourth-order valence-corrected chi connectivity index (χ4v) is 3.87. The molecule has 2 aliphatic rings. The van der Waals surface area contributed by atoms with Gasteiger partial charge in [0, 0.05) is 19.0 Å². The van der Waals surface area contributed by atoms with E-state index in [0.717, 1.165) is 18.4 Å². The van der Waals surface area contributed by atoms with E-state index in [9.17, 15) is 14.4 Å². The minimum Gasteiger partial charge on any atom is -0.353 e. The van der Waals surface area contributed by atoms with Gasteiger partial charge >= 0.3 is 6.03 Å². The highest BCUT2D eigenvalue weighted by atomic mass is 16.2. The van der Waals surface area contributed by atoms with Crippen LogP contribution in [0.1, 0.15) is 56.9 Å². The first-order chi connectivity index (χ1) is 13.1. The molecule has 1 saturated heterocycles. The molecular formula is C21H29N3O3. The molecule has 6 nitrogen and oxygen atoms in total. The molecule has 1 aliphatic heterocycles. The normalized spacial score (nSPS) is 21.0. The topological polar surface area (TPSA) is 78.5 Å². The Kier molecular flexibility index (Phi) is 6.85. The van der Waals surface area contributed by atoms with Crippen molar-refractivity contribution in [2.24, 2.45) is 0 Å².